The first-order chi connectivity index (χ1) is 9.58. The topological polar surface area (TPSA) is 88.0 Å². The fourth-order valence-corrected chi connectivity index (χ4v) is 2.45. The van der Waals surface area contributed by atoms with Crippen molar-refractivity contribution in [3.8, 4) is 0 Å². The molecule has 5 nitrogen and oxygen atoms in total. The molecule has 1 amide bonds. The van der Waals surface area contributed by atoms with Crippen LogP contribution in [0.4, 0.5) is 0 Å². The van der Waals surface area contributed by atoms with Gasteiger partial charge < -0.3 is 16.0 Å². The Bertz CT molecular complexity index is 621. The van der Waals surface area contributed by atoms with Crippen LogP contribution in [-0.4, -0.2) is 10.9 Å². The van der Waals surface area contributed by atoms with Crippen molar-refractivity contribution in [3.05, 3.63) is 56.6 Å². The third-order valence-electron chi connectivity index (χ3n) is 3.16. The van der Waals surface area contributed by atoms with Crippen LogP contribution >= 0.6 is 11.3 Å². The summed E-state index contributed by atoms with van der Waals surface area (Å²) in [7, 11) is 0. The van der Waals surface area contributed by atoms with Gasteiger partial charge in [-0.2, -0.15) is 0 Å². The first kappa shape index (κ1) is 14.5. The molecule has 0 bridgehead atoms. The zero-order valence-electron chi connectivity index (χ0n) is 11.1. The van der Waals surface area contributed by atoms with Crippen molar-refractivity contribution in [1.82, 2.24) is 10.3 Å². The van der Waals surface area contributed by atoms with E-state index in [4.69, 9.17) is 5.73 Å². The molecule has 20 heavy (non-hydrogen) atoms. The normalized spacial score (nSPS) is 13.7. The lowest BCUT2D eigenvalue weighted by atomic mass is 9.95. The molecule has 0 radical (unpaired) electrons. The number of nitrogens with one attached hydrogen (secondary N) is 2. The fourth-order valence-electron chi connectivity index (χ4n) is 1.87. The molecule has 1 aromatic heterocycles. The van der Waals surface area contributed by atoms with Gasteiger partial charge in [-0.1, -0.05) is 48.6 Å². The SMILES string of the molecule is CC(C(=O)NCc1csc(=O)[nH]1)C(N)c1ccccc1. The van der Waals surface area contributed by atoms with Crippen LogP contribution < -0.4 is 15.9 Å². The molecule has 0 fully saturated rings. The number of nitrogens with two attached hydrogens (primary N) is 1. The fraction of sp³-hybridized carbons (Fsp3) is 0.286. The highest BCUT2D eigenvalue weighted by Crippen LogP contribution is 2.19. The second-order valence-electron chi connectivity index (χ2n) is 4.62. The van der Waals surface area contributed by atoms with E-state index in [1.165, 1.54) is 0 Å². The quantitative estimate of drug-likeness (QED) is 0.778. The van der Waals surface area contributed by atoms with Crippen LogP contribution in [0.2, 0.25) is 0 Å². The lowest BCUT2D eigenvalue weighted by Gasteiger charge is -2.19. The molecule has 0 aliphatic rings. The number of H-pyrrole nitrogens is 1. The van der Waals surface area contributed by atoms with Crippen molar-refractivity contribution in [2.24, 2.45) is 11.7 Å². The van der Waals surface area contributed by atoms with Crippen LogP contribution in [0.25, 0.3) is 0 Å². The third-order valence-corrected chi connectivity index (χ3v) is 3.88. The molecule has 106 valence electrons. The Labute approximate surface area is 120 Å². The first-order valence-corrected chi connectivity index (χ1v) is 7.21. The summed E-state index contributed by atoms with van der Waals surface area (Å²) >= 11 is 1.08. The summed E-state index contributed by atoms with van der Waals surface area (Å²) in [6.45, 7) is 2.10. The molecule has 1 heterocycles. The van der Waals surface area contributed by atoms with Crippen molar-refractivity contribution >= 4 is 17.2 Å². The Balaban J connectivity index is 1.93. The van der Waals surface area contributed by atoms with E-state index in [9.17, 15) is 9.59 Å². The van der Waals surface area contributed by atoms with Gasteiger partial charge in [0.1, 0.15) is 0 Å². The van der Waals surface area contributed by atoms with E-state index in [-0.39, 0.29) is 22.7 Å². The molecule has 2 atom stereocenters. The summed E-state index contributed by atoms with van der Waals surface area (Å²) in [6, 6.07) is 9.17. The summed E-state index contributed by atoms with van der Waals surface area (Å²) in [5.41, 5.74) is 7.73. The third kappa shape index (κ3) is 3.55. The zero-order chi connectivity index (χ0) is 14.5. The van der Waals surface area contributed by atoms with Crippen LogP contribution in [0.15, 0.2) is 40.5 Å². The van der Waals surface area contributed by atoms with Gasteiger partial charge >= 0.3 is 4.87 Å². The maximum absolute atomic E-state index is 12.1. The van der Waals surface area contributed by atoms with E-state index in [0.29, 0.717) is 12.2 Å². The number of benzene rings is 1. The van der Waals surface area contributed by atoms with Crippen LogP contribution in [0, 0.1) is 5.92 Å². The second-order valence-corrected chi connectivity index (χ2v) is 5.46. The Morgan fingerprint density at radius 3 is 2.70 bits per heavy atom. The number of carbonyl (C=O) groups excluding carboxylic acids is 1. The summed E-state index contributed by atoms with van der Waals surface area (Å²) in [5.74, 6) is -0.476. The van der Waals surface area contributed by atoms with Crippen molar-refractivity contribution in [1.29, 1.82) is 0 Å². The van der Waals surface area contributed by atoms with E-state index in [1.807, 2.05) is 30.3 Å². The number of carbonyl (C=O) groups is 1. The van der Waals surface area contributed by atoms with Gasteiger partial charge in [0.05, 0.1) is 12.5 Å². The Morgan fingerprint density at radius 1 is 1.40 bits per heavy atom. The number of rotatable bonds is 5. The van der Waals surface area contributed by atoms with E-state index in [1.54, 1.807) is 12.3 Å². The van der Waals surface area contributed by atoms with Gasteiger partial charge in [0.25, 0.3) is 0 Å². The average molecular weight is 291 g/mol. The summed E-state index contributed by atoms with van der Waals surface area (Å²) in [4.78, 5) is 25.6. The minimum absolute atomic E-state index is 0.122. The smallest absolute Gasteiger partial charge is 0.304 e. The summed E-state index contributed by atoms with van der Waals surface area (Å²) in [5, 5.41) is 4.48. The number of amides is 1. The standard InChI is InChI=1S/C14H17N3O2S/c1-9(12(15)10-5-3-2-4-6-10)13(18)16-7-11-8-20-14(19)17-11/h2-6,8-9,12H,7,15H2,1H3,(H,16,18)(H,17,19). The van der Waals surface area contributed by atoms with E-state index < -0.39 is 0 Å². The molecule has 2 aromatic rings. The molecule has 0 saturated heterocycles. The number of hydrogen-bond acceptors (Lipinski definition) is 4. The molecule has 4 N–H and O–H groups in total. The first-order valence-electron chi connectivity index (χ1n) is 6.33. The average Bonchev–Trinajstić information content (AvgIpc) is 2.89. The van der Waals surface area contributed by atoms with Crippen LogP contribution in [0.3, 0.4) is 0 Å². The van der Waals surface area contributed by atoms with Crippen LogP contribution in [-0.2, 0) is 11.3 Å². The zero-order valence-corrected chi connectivity index (χ0v) is 11.9. The number of aromatic amines is 1. The molecule has 0 saturated carbocycles. The molecule has 0 spiro atoms. The molecule has 2 rings (SSSR count). The second kappa shape index (κ2) is 6.49. The predicted molar refractivity (Wildman–Crippen MR) is 79.3 cm³/mol. The van der Waals surface area contributed by atoms with Gasteiger partial charge in [0, 0.05) is 17.1 Å². The Hall–Kier alpha value is -1.92. The molecular weight excluding hydrogens is 274 g/mol. The highest BCUT2D eigenvalue weighted by molar-refractivity contribution is 7.07. The van der Waals surface area contributed by atoms with Crippen molar-refractivity contribution in [3.63, 3.8) is 0 Å². The molecular formula is C14H17N3O2S. The number of aromatic nitrogens is 1. The van der Waals surface area contributed by atoms with Gasteiger partial charge in [-0.25, -0.2) is 0 Å². The summed E-state index contributed by atoms with van der Waals surface area (Å²) < 4.78 is 0. The number of hydrogen-bond donors (Lipinski definition) is 3. The maximum Gasteiger partial charge on any atom is 0.304 e. The minimum Gasteiger partial charge on any atom is -0.350 e. The van der Waals surface area contributed by atoms with Gasteiger partial charge in [-0.15, -0.1) is 0 Å². The highest BCUT2D eigenvalue weighted by atomic mass is 32.1. The van der Waals surface area contributed by atoms with Gasteiger partial charge in [0.15, 0.2) is 0 Å². The molecule has 2 unspecified atom stereocenters. The van der Waals surface area contributed by atoms with Crippen LogP contribution in [0.5, 0.6) is 0 Å². The predicted octanol–water partition coefficient (Wildman–Crippen LogP) is 1.39. The molecule has 0 aliphatic heterocycles. The monoisotopic (exact) mass is 291 g/mol. The van der Waals surface area contributed by atoms with E-state index in [0.717, 1.165) is 16.9 Å². The Kier molecular flexibility index (Phi) is 4.70. The van der Waals surface area contributed by atoms with Crippen molar-refractivity contribution < 1.29 is 4.79 Å². The van der Waals surface area contributed by atoms with Crippen molar-refractivity contribution in [2.75, 3.05) is 0 Å². The van der Waals surface area contributed by atoms with E-state index >= 15 is 0 Å². The lowest BCUT2D eigenvalue weighted by Crippen LogP contribution is -2.35. The van der Waals surface area contributed by atoms with Gasteiger partial charge in [-0.3, -0.25) is 9.59 Å². The molecule has 1 aromatic carbocycles. The Morgan fingerprint density at radius 2 is 2.10 bits per heavy atom. The molecule has 6 heteroatoms. The highest BCUT2D eigenvalue weighted by Gasteiger charge is 2.21. The van der Waals surface area contributed by atoms with E-state index in [2.05, 4.69) is 10.3 Å². The minimum atomic E-state index is -0.349. The lowest BCUT2D eigenvalue weighted by molar-refractivity contribution is -0.125. The van der Waals surface area contributed by atoms with Crippen molar-refractivity contribution in [2.45, 2.75) is 19.5 Å². The summed E-state index contributed by atoms with van der Waals surface area (Å²) in [6.07, 6.45) is 0. The van der Waals surface area contributed by atoms with Crippen LogP contribution in [0.1, 0.15) is 24.2 Å². The van der Waals surface area contributed by atoms with Gasteiger partial charge in [0.2, 0.25) is 5.91 Å². The number of thiazole rings is 1. The maximum atomic E-state index is 12.1. The molecule has 0 aliphatic carbocycles. The van der Waals surface area contributed by atoms with Gasteiger partial charge in [-0.05, 0) is 5.56 Å². The largest absolute Gasteiger partial charge is 0.350 e.